The normalized spacial score (nSPS) is 13.2. The molecule has 0 heterocycles. The van der Waals surface area contributed by atoms with E-state index in [1.165, 1.54) is 77.0 Å². The molecule has 1 nitrogen and oxygen atoms in total. The number of aliphatic hydroxyl groups excluding tert-OH is 1. The lowest BCUT2D eigenvalue weighted by Crippen LogP contribution is -2.01. The van der Waals surface area contributed by atoms with E-state index in [1.807, 2.05) is 6.08 Å². The standard InChI is InChI=1S/C19H38O/c1-3-5-7-9-11-12-14-16-18-19(20)17-15-13-10-8-6-4-2/h15,17,19-20H,3-14,16,18H2,1-2H3/b17-15-. The van der Waals surface area contributed by atoms with E-state index in [0.717, 1.165) is 12.8 Å². The molecule has 1 unspecified atom stereocenters. The summed E-state index contributed by atoms with van der Waals surface area (Å²) in [7, 11) is 0. The fourth-order valence-electron chi connectivity index (χ4n) is 2.53. The predicted octanol–water partition coefficient (Wildman–Crippen LogP) is 6.40. The molecular weight excluding hydrogens is 244 g/mol. The summed E-state index contributed by atoms with van der Waals surface area (Å²) >= 11 is 0. The van der Waals surface area contributed by atoms with Gasteiger partial charge in [0.2, 0.25) is 0 Å². The fraction of sp³-hybridized carbons (Fsp3) is 0.895. The molecule has 0 aromatic carbocycles. The molecule has 120 valence electrons. The highest BCUT2D eigenvalue weighted by Gasteiger charge is 1.98. The van der Waals surface area contributed by atoms with Gasteiger partial charge < -0.3 is 5.11 Å². The quantitative estimate of drug-likeness (QED) is 0.272. The summed E-state index contributed by atoms with van der Waals surface area (Å²) in [5.41, 5.74) is 0. The first-order chi connectivity index (χ1) is 9.81. The highest BCUT2D eigenvalue weighted by atomic mass is 16.3. The van der Waals surface area contributed by atoms with Crippen molar-refractivity contribution in [1.29, 1.82) is 0 Å². The summed E-state index contributed by atoms with van der Waals surface area (Å²) in [5, 5.41) is 9.84. The summed E-state index contributed by atoms with van der Waals surface area (Å²) < 4.78 is 0. The van der Waals surface area contributed by atoms with Gasteiger partial charge in [-0.15, -0.1) is 0 Å². The molecule has 0 aliphatic rings. The van der Waals surface area contributed by atoms with Crippen LogP contribution in [-0.2, 0) is 0 Å². The van der Waals surface area contributed by atoms with Crippen LogP contribution in [0.5, 0.6) is 0 Å². The van der Waals surface area contributed by atoms with Gasteiger partial charge in [0.1, 0.15) is 0 Å². The Morgan fingerprint density at radius 2 is 1.20 bits per heavy atom. The minimum absolute atomic E-state index is 0.207. The van der Waals surface area contributed by atoms with Crippen LogP contribution in [0.15, 0.2) is 12.2 Å². The van der Waals surface area contributed by atoms with Gasteiger partial charge in [-0.05, 0) is 19.3 Å². The SMILES string of the molecule is CCCCCC/C=C\C(O)CCCCCCCCCC. The molecule has 0 saturated heterocycles. The van der Waals surface area contributed by atoms with Gasteiger partial charge in [0.05, 0.1) is 6.10 Å². The molecule has 0 aromatic rings. The summed E-state index contributed by atoms with van der Waals surface area (Å²) in [5.74, 6) is 0. The molecule has 0 aliphatic carbocycles. The van der Waals surface area contributed by atoms with Crippen LogP contribution in [0.25, 0.3) is 0 Å². The first-order valence-electron chi connectivity index (χ1n) is 9.16. The van der Waals surface area contributed by atoms with E-state index in [4.69, 9.17) is 0 Å². The molecule has 0 fully saturated rings. The van der Waals surface area contributed by atoms with Crippen molar-refractivity contribution in [2.75, 3.05) is 0 Å². The third kappa shape index (κ3) is 15.8. The third-order valence-electron chi connectivity index (χ3n) is 3.94. The van der Waals surface area contributed by atoms with Crippen molar-refractivity contribution < 1.29 is 5.11 Å². The van der Waals surface area contributed by atoms with Gasteiger partial charge in [-0.1, -0.05) is 96.6 Å². The Hall–Kier alpha value is -0.300. The Kier molecular flexibility index (Phi) is 16.5. The predicted molar refractivity (Wildman–Crippen MR) is 91.1 cm³/mol. The van der Waals surface area contributed by atoms with Crippen molar-refractivity contribution >= 4 is 0 Å². The smallest absolute Gasteiger partial charge is 0.0720 e. The Morgan fingerprint density at radius 3 is 1.80 bits per heavy atom. The lowest BCUT2D eigenvalue weighted by molar-refractivity contribution is 0.207. The second-order valence-electron chi connectivity index (χ2n) is 6.11. The second-order valence-corrected chi connectivity index (χ2v) is 6.11. The molecule has 0 saturated carbocycles. The van der Waals surface area contributed by atoms with Gasteiger partial charge in [-0.25, -0.2) is 0 Å². The van der Waals surface area contributed by atoms with Crippen LogP contribution in [0.2, 0.25) is 0 Å². The summed E-state index contributed by atoms with van der Waals surface area (Å²) in [6.07, 6.45) is 22.0. The fourth-order valence-corrected chi connectivity index (χ4v) is 2.53. The van der Waals surface area contributed by atoms with E-state index in [2.05, 4.69) is 19.9 Å². The Bertz CT molecular complexity index is 198. The zero-order chi connectivity index (χ0) is 14.9. The highest BCUT2D eigenvalue weighted by Crippen LogP contribution is 2.11. The maximum absolute atomic E-state index is 9.84. The number of hydrogen-bond acceptors (Lipinski definition) is 1. The van der Waals surface area contributed by atoms with Crippen LogP contribution < -0.4 is 0 Å². The topological polar surface area (TPSA) is 20.2 Å². The van der Waals surface area contributed by atoms with Crippen LogP contribution in [0.1, 0.15) is 104 Å². The Labute approximate surface area is 127 Å². The van der Waals surface area contributed by atoms with E-state index in [0.29, 0.717) is 0 Å². The van der Waals surface area contributed by atoms with Crippen molar-refractivity contribution in [3.05, 3.63) is 12.2 Å². The number of hydrogen-bond donors (Lipinski definition) is 1. The Morgan fingerprint density at radius 1 is 0.700 bits per heavy atom. The van der Waals surface area contributed by atoms with Gasteiger partial charge in [-0.2, -0.15) is 0 Å². The van der Waals surface area contributed by atoms with Crippen LogP contribution in [0.4, 0.5) is 0 Å². The van der Waals surface area contributed by atoms with E-state index >= 15 is 0 Å². The molecular formula is C19H38O. The molecule has 0 radical (unpaired) electrons. The monoisotopic (exact) mass is 282 g/mol. The molecule has 0 bridgehead atoms. The molecule has 1 heteroatoms. The average Bonchev–Trinajstić information content (AvgIpc) is 2.45. The lowest BCUT2D eigenvalue weighted by Gasteiger charge is -2.05. The number of rotatable bonds is 15. The minimum Gasteiger partial charge on any atom is -0.389 e. The lowest BCUT2D eigenvalue weighted by atomic mass is 10.1. The third-order valence-corrected chi connectivity index (χ3v) is 3.94. The van der Waals surface area contributed by atoms with Crippen LogP contribution in [0, 0.1) is 0 Å². The molecule has 0 rings (SSSR count). The maximum atomic E-state index is 9.84. The van der Waals surface area contributed by atoms with E-state index in [1.54, 1.807) is 0 Å². The van der Waals surface area contributed by atoms with Gasteiger partial charge in [0.15, 0.2) is 0 Å². The highest BCUT2D eigenvalue weighted by molar-refractivity contribution is 4.88. The van der Waals surface area contributed by atoms with Gasteiger partial charge in [0, 0.05) is 0 Å². The maximum Gasteiger partial charge on any atom is 0.0720 e. The van der Waals surface area contributed by atoms with Crippen LogP contribution in [0.3, 0.4) is 0 Å². The summed E-state index contributed by atoms with van der Waals surface area (Å²) in [4.78, 5) is 0. The number of allylic oxidation sites excluding steroid dienone is 1. The van der Waals surface area contributed by atoms with E-state index in [9.17, 15) is 5.11 Å². The van der Waals surface area contributed by atoms with E-state index < -0.39 is 0 Å². The number of unbranched alkanes of at least 4 members (excludes halogenated alkanes) is 11. The Balaban J connectivity index is 3.23. The molecule has 0 spiro atoms. The largest absolute Gasteiger partial charge is 0.389 e. The molecule has 20 heavy (non-hydrogen) atoms. The molecule has 0 amide bonds. The number of aliphatic hydroxyl groups is 1. The first kappa shape index (κ1) is 19.7. The summed E-state index contributed by atoms with van der Waals surface area (Å²) in [6.45, 7) is 4.50. The summed E-state index contributed by atoms with van der Waals surface area (Å²) in [6, 6.07) is 0. The van der Waals surface area contributed by atoms with Crippen LogP contribution >= 0.6 is 0 Å². The van der Waals surface area contributed by atoms with Crippen molar-refractivity contribution in [2.24, 2.45) is 0 Å². The van der Waals surface area contributed by atoms with Crippen molar-refractivity contribution in [1.82, 2.24) is 0 Å². The van der Waals surface area contributed by atoms with Gasteiger partial charge >= 0.3 is 0 Å². The average molecular weight is 283 g/mol. The molecule has 0 aromatic heterocycles. The van der Waals surface area contributed by atoms with Gasteiger partial charge in [-0.3, -0.25) is 0 Å². The molecule has 1 N–H and O–H groups in total. The minimum atomic E-state index is -0.207. The van der Waals surface area contributed by atoms with Crippen molar-refractivity contribution in [3.8, 4) is 0 Å². The second kappa shape index (κ2) is 16.8. The molecule has 1 atom stereocenters. The van der Waals surface area contributed by atoms with Crippen molar-refractivity contribution in [2.45, 2.75) is 110 Å². The zero-order valence-electron chi connectivity index (χ0n) is 14.1. The molecule has 0 aliphatic heterocycles. The van der Waals surface area contributed by atoms with Gasteiger partial charge in [0.25, 0.3) is 0 Å². The van der Waals surface area contributed by atoms with Crippen molar-refractivity contribution in [3.63, 3.8) is 0 Å². The zero-order valence-corrected chi connectivity index (χ0v) is 14.1. The van der Waals surface area contributed by atoms with E-state index in [-0.39, 0.29) is 6.10 Å². The first-order valence-corrected chi connectivity index (χ1v) is 9.16. The van der Waals surface area contributed by atoms with Crippen LogP contribution in [-0.4, -0.2) is 11.2 Å².